The molecule has 1 aromatic rings. The summed E-state index contributed by atoms with van der Waals surface area (Å²) in [5.41, 5.74) is 5.82. The van der Waals surface area contributed by atoms with Crippen LogP contribution in [-0.2, 0) is 0 Å². The van der Waals surface area contributed by atoms with Crippen LogP contribution in [0.5, 0.6) is 11.5 Å². The Morgan fingerprint density at radius 3 is 2.50 bits per heavy atom. The van der Waals surface area contributed by atoms with Crippen molar-refractivity contribution in [2.45, 2.75) is 38.6 Å². The zero-order valence-corrected chi connectivity index (χ0v) is 15.2. The van der Waals surface area contributed by atoms with Crippen LogP contribution in [0.1, 0.15) is 43.0 Å². The maximum atomic E-state index is 12.2. The summed E-state index contributed by atoms with van der Waals surface area (Å²) in [4.78, 5) is 12.2. The van der Waals surface area contributed by atoms with Crippen LogP contribution < -0.4 is 25.6 Å². The average molecular weight is 351 g/mol. The Bertz CT molecular complexity index is 594. The highest BCUT2D eigenvalue weighted by atomic mass is 32.1. The third kappa shape index (κ3) is 4.74. The van der Waals surface area contributed by atoms with Crippen molar-refractivity contribution in [3.8, 4) is 11.5 Å². The standard InChI is InChI=1S/C17H25N3O3S/c1-11-6-4-5-7-13(11)18-17(24)20-19-16(21)12-8-9-14(22-2)15(10-12)23-3/h8-11,13H,4-7H2,1-3H3,(H,19,21)(H2,18,20,24)/t11-,13+/m0/s1. The first-order valence-corrected chi connectivity index (χ1v) is 8.55. The van der Waals surface area contributed by atoms with E-state index in [9.17, 15) is 4.79 Å². The Morgan fingerprint density at radius 1 is 1.12 bits per heavy atom. The lowest BCUT2D eigenvalue weighted by Gasteiger charge is -2.30. The molecule has 0 unspecified atom stereocenters. The van der Waals surface area contributed by atoms with Gasteiger partial charge in [-0.2, -0.15) is 0 Å². The fraction of sp³-hybridized carbons (Fsp3) is 0.529. The molecule has 0 radical (unpaired) electrons. The Balaban J connectivity index is 1.87. The molecule has 1 aromatic carbocycles. The van der Waals surface area contributed by atoms with Gasteiger partial charge < -0.3 is 14.8 Å². The first kappa shape index (κ1) is 18.3. The van der Waals surface area contributed by atoms with Crippen molar-refractivity contribution in [1.29, 1.82) is 0 Å². The van der Waals surface area contributed by atoms with Crippen LogP contribution in [-0.4, -0.2) is 31.3 Å². The summed E-state index contributed by atoms with van der Waals surface area (Å²) in [5, 5.41) is 3.71. The normalized spacial score (nSPS) is 20.0. The number of nitrogens with one attached hydrogen (secondary N) is 3. The van der Waals surface area contributed by atoms with Gasteiger partial charge in [0.15, 0.2) is 16.6 Å². The molecule has 1 aliphatic carbocycles. The minimum atomic E-state index is -0.295. The maximum absolute atomic E-state index is 12.2. The van der Waals surface area contributed by atoms with Gasteiger partial charge in [0.05, 0.1) is 14.2 Å². The molecule has 0 spiro atoms. The van der Waals surface area contributed by atoms with Crippen molar-refractivity contribution in [3.05, 3.63) is 23.8 Å². The van der Waals surface area contributed by atoms with Gasteiger partial charge in [0.25, 0.3) is 5.91 Å². The third-order valence-corrected chi connectivity index (χ3v) is 4.58. The summed E-state index contributed by atoms with van der Waals surface area (Å²) >= 11 is 5.26. The second-order valence-corrected chi connectivity index (χ2v) is 6.40. The number of hydrogen-bond donors (Lipinski definition) is 3. The number of benzene rings is 1. The minimum Gasteiger partial charge on any atom is -0.493 e. The molecule has 24 heavy (non-hydrogen) atoms. The molecule has 1 amide bonds. The van der Waals surface area contributed by atoms with E-state index < -0.39 is 0 Å². The van der Waals surface area contributed by atoms with Crippen molar-refractivity contribution in [2.75, 3.05) is 14.2 Å². The highest BCUT2D eigenvalue weighted by Gasteiger charge is 2.21. The van der Waals surface area contributed by atoms with Crippen molar-refractivity contribution in [2.24, 2.45) is 5.92 Å². The lowest BCUT2D eigenvalue weighted by molar-refractivity contribution is 0.0943. The molecule has 1 saturated carbocycles. The molecule has 0 saturated heterocycles. The molecule has 0 bridgehead atoms. The van der Waals surface area contributed by atoms with Gasteiger partial charge in [0, 0.05) is 11.6 Å². The number of carbonyl (C=O) groups excluding carboxylic acids is 1. The number of hydrazine groups is 1. The van der Waals surface area contributed by atoms with E-state index in [1.807, 2.05) is 0 Å². The third-order valence-electron chi connectivity index (χ3n) is 4.36. The zero-order valence-electron chi connectivity index (χ0n) is 14.3. The summed E-state index contributed by atoms with van der Waals surface area (Å²) in [6.07, 6.45) is 4.79. The van der Waals surface area contributed by atoms with E-state index >= 15 is 0 Å². The Morgan fingerprint density at radius 2 is 1.83 bits per heavy atom. The van der Waals surface area contributed by atoms with Gasteiger partial charge >= 0.3 is 0 Å². The molecule has 132 valence electrons. The average Bonchev–Trinajstić information content (AvgIpc) is 2.61. The van der Waals surface area contributed by atoms with Crippen molar-refractivity contribution in [1.82, 2.24) is 16.2 Å². The SMILES string of the molecule is COc1ccc(C(=O)NNC(=S)N[C@@H]2CCCC[C@@H]2C)cc1OC. The topological polar surface area (TPSA) is 71.6 Å². The summed E-state index contributed by atoms with van der Waals surface area (Å²) in [6.45, 7) is 2.22. The van der Waals surface area contributed by atoms with Crippen LogP contribution in [0.3, 0.4) is 0 Å². The van der Waals surface area contributed by atoms with E-state index in [4.69, 9.17) is 21.7 Å². The summed E-state index contributed by atoms with van der Waals surface area (Å²) in [6, 6.07) is 5.33. The summed E-state index contributed by atoms with van der Waals surface area (Å²) < 4.78 is 10.4. The summed E-state index contributed by atoms with van der Waals surface area (Å²) in [5.74, 6) is 1.37. The van der Waals surface area contributed by atoms with Crippen LogP contribution in [0.25, 0.3) is 0 Å². The fourth-order valence-corrected chi connectivity index (χ4v) is 3.10. The van der Waals surface area contributed by atoms with E-state index in [0.717, 1.165) is 6.42 Å². The Hall–Kier alpha value is -2.02. The monoisotopic (exact) mass is 351 g/mol. The van der Waals surface area contributed by atoms with Gasteiger partial charge in [-0.15, -0.1) is 0 Å². The van der Waals surface area contributed by atoms with E-state index in [1.54, 1.807) is 25.3 Å². The number of rotatable bonds is 4. The van der Waals surface area contributed by atoms with Crippen molar-refractivity contribution < 1.29 is 14.3 Å². The molecule has 6 nitrogen and oxygen atoms in total. The van der Waals surface area contributed by atoms with Crippen LogP contribution in [0, 0.1) is 5.92 Å². The second-order valence-electron chi connectivity index (χ2n) is 5.99. The molecule has 0 heterocycles. The smallest absolute Gasteiger partial charge is 0.269 e. The molecule has 0 aliphatic heterocycles. The molecule has 0 aromatic heterocycles. The van der Waals surface area contributed by atoms with Crippen molar-refractivity contribution in [3.63, 3.8) is 0 Å². The minimum absolute atomic E-state index is 0.295. The first-order chi connectivity index (χ1) is 11.5. The number of carbonyl (C=O) groups is 1. The number of thiocarbonyl (C=S) groups is 1. The van der Waals surface area contributed by atoms with Gasteiger partial charge in [0.1, 0.15) is 0 Å². The predicted octanol–water partition coefficient (Wildman–Crippen LogP) is 2.39. The lowest BCUT2D eigenvalue weighted by Crippen LogP contribution is -2.51. The molecule has 2 rings (SSSR count). The second kappa shape index (κ2) is 8.73. The van der Waals surface area contributed by atoms with Crippen LogP contribution >= 0.6 is 12.2 Å². The fourth-order valence-electron chi connectivity index (χ4n) is 2.90. The van der Waals surface area contributed by atoms with Crippen molar-refractivity contribution >= 4 is 23.2 Å². The van der Waals surface area contributed by atoms with E-state index in [2.05, 4.69) is 23.1 Å². The van der Waals surface area contributed by atoms with Crippen LogP contribution in [0.2, 0.25) is 0 Å². The van der Waals surface area contributed by atoms with Gasteiger partial charge in [-0.05, 0) is 49.2 Å². The Kier molecular flexibility index (Phi) is 6.66. The quantitative estimate of drug-likeness (QED) is 0.571. The van der Waals surface area contributed by atoms with Gasteiger partial charge in [0.2, 0.25) is 0 Å². The number of amides is 1. The molecular formula is C17H25N3O3S. The van der Waals surface area contributed by atoms with Crippen LogP contribution in [0.4, 0.5) is 0 Å². The highest BCUT2D eigenvalue weighted by molar-refractivity contribution is 7.80. The summed E-state index contributed by atoms with van der Waals surface area (Å²) in [7, 11) is 3.08. The predicted molar refractivity (Wildman–Crippen MR) is 97.3 cm³/mol. The van der Waals surface area contributed by atoms with E-state index in [0.29, 0.717) is 34.1 Å². The van der Waals surface area contributed by atoms with Gasteiger partial charge in [-0.25, -0.2) is 0 Å². The van der Waals surface area contributed by atoms with Gasteiger partial charge in [-0.1, -0.05) is 19.8 Å². The van der Waals surface area contributed by atoms with E-state index in [-0.39, 0.29) is 5.91 Å². The molecule has 1 fully saturated rings. The van der Waals surface area contributed by atoms with Gasteiger partial charge in [-0.3, -0.25) is 15.6 Å². The number of hydrogen-bond acceptors (Lipinski definition) is 4. The largest absolute Gasteiger partial charge is 0.493 e. The maximum Gasteiger partial charge on any atom is 0.269 e. The lowest BCUT2D eigenvalue weighted by atomic mass is 9.86. The number of ether oxygens (including phenoxy) is 2. The number of methoxy groups -OCH3 is 2. The molecular weight excluding hydrogens is 326 g/mol. The zero-order chi connectivity index (χ0) is 17.5. The first-order valence-electron chi connectivity index (χ1n) is 8.14. The highest BCUT2D eigenvalue weighted by Crippen LogP contribution is 2.27. The van der Waals surface area contributed by atoms with E-state index in [1.165, 1.54) is 26.4 Å². The Labute approximate surface area is 148 Å². The van der Waals surface area contributed by atoms with Crippen LogP contribution in [0.15, 0.2) is 18.2 Å². The molecule has 7 heteroatoms. The molecule has 3 N–H and O–H groups in total. The molecule has 1 aliphatic rings. The molecule has 2 atom stereocenters.